The molecule has 0 bridgehead atoms. The zero-order valence-corrected chi connectivity index (χ0v) is 10.7. The van der Waals surface area contributed by atoms with Gasteiger partial charge in [-0.2, -0.15) is 0 Å². The third-order valence-corrected chi connectivity index (χ3v) is 3.55. The lowest BCUT2D eigenvalue weighted by molar-refractivity contribution is 0.517. The third kappa shape index (κ3) is 3.28. The van der Waals surface area contributed by atoms with Gasteiger partial charge in [0.1, 0.15) is 5.01 Å². The second kappa shape index (κ2) is 5.80. The van der Waals surface area contributed by atoms with Gasteiger partial charge in [-0.3, -0.25) is 0 Å². The number of nitrogens with two attached hydrogens (primary N) is 1. The molecule has 0 saturated heterocycles. The van der Waals surface area contributed by atoms with Gasteiger partial charge < -0.3 is 11.1 Å². The highest BCUT2D eigenvalue weighted by molar-refractivity contribution is 7.09. The van der Waals surface area contributed by atoms with Gasteiger partial charge in [-0.05, 0) is 24.1 Å². The number of hydrogen-bond donors (Lipinski definition) is 2. The average molecular weight is 247 g/mol. The summed E-state index contributed by atoms with van der Waals surface area (Å²) in [5.41, 5.74) is 7.77. The Labute approximate surface area is 106 Å². The van der Waals surface area contributed by atoms with Gasteiger partial charge in [0.05, 0.1) is 6.04 Å². The summed E-state index contributed by atoms with van der Waals surface area (Å²) in [5.74, 6) is 0. The number of nitrogen functional groups attached to an aromatic ring is 1. The van der Waals surface area contributed by atoms with Gasteiger partial charge in [0.15, 0.2) is 0 Å². The van der Waals surface area contributed by atoms with E-state index in [9.17, 15) is 0 Å². The number of anilines is 1. The van der Waals surface area contributed by atoms with Crippen molar-refractivity contribution in [1.82, 2.24) is 10.3 Å². The number of rotatable bonds is 5. The molecule has 1 unspecified atom stereocenters. The molecule has 1 aromatic carbocycles. The van der Waals surface area contributed by atoms with Crippen molar-refractivity contribution in [2.75, 3.05) is 5.73 Å². The highest BCUT2D eigenvalue weighted by Crippen LogP contribution is 2.19. The van der Waals surface area contributed by atoms with Crippen molar-refractivity contribution in [3.8, 4) is 0 Å². The van der Waals surface area contributed by atoms with E-state index in [2.05, 4.69) is 23.3 Å². The Morgan fingerprint density at radius 2 is 2.35 bits per heavy atom. The summed E-state index contributed by atoms with van der Waals surface area (Å²) in [6.07, 6.45) is 2.89. The summed E-state index contributed by atoms with van der Waals surface area (Å²) < 4.78 is 0. The highest BCUT2D eigenvalue weighted by Gasteiger charge is 2.10. The van der Waals surface area contributed by atoms with Crippen LogP contribution in [0.15, 0.2) is 35.8 Å². The van der Waals surface area contributed by atoms with Crippen LogP contribution in [-0.2, 0) is 6.54 Å². The van der Waals surface area contributed by atoms with Crippen molar-refractivity contribution in [1.29, 1.82) is 0 Å². The Balaban J connectivity index is 1.97. The lowest BCUT2D eigenvalue weighted by Gasteiger charge is -2.14. The fourth-order valence-electron chi connectivity index (χ4n) is 1.76. The Morgan fingerprint density at radius 1 is 1.47 bits per heavy atom. The fourth-order valence-corrected chi connectivity index (χ4v) is 2.55. The highest BCUT2D eigenvalue weighted by atomic mass is 32.1. The molecule has 0 aliphatic carbocycles. The first-order chi connectivity index (χ1) is 8.29. The van der Waals surface area contributed by atoms with E-state index in [1.165, 1.54) is 5.56 Å². The van der Waals surface area contributed by atoms with Crippen molar-refractivity contribution in [3.05, 3.63) is 46.4 Å². The summed E-state index contributed by atoms with van der Waals surface area (Å²) in [7, 11) is 0. The molecule has 0 spiro atoms. The smallest absolute Gasteiger partial charge is 0.109 e. The van der Waals surface area contributed by atoms with E-state index in [1.807, 2.05) is 29.8 Å². The molecule has 0 fully saturated rings. The number of hydrogen-bond acceptors (Lipinski definition) is 4. The normalized spacial score (nSPS) is 12.5. The maximum Gasteiger partial charge on any atom is 0.109 e. The van der Waals surface area contributed by atoms with Crippen LogP contribution in [0.2, 0.25) is 0 Å². The molecule has 2 aromatic rings. The van der Waals surface area contributed by atoms with E-state index in [1.54, 1.807) is 11.3 Å². The van der Waals surface area contributed by atoms with Crippen molar-refractivity contribution in [2.24, 2.45) is 0 Å². The van der Waals surface area contributed by atoms with E-state index < -0.39 is 0 Å². The molecule has 3 nitrogen and oxygen atoms in total. The maximum absolute atomic E-state index is 5.75. The van der Waals surface area contributed by atoms with Gasteiger partial charge in [-0.15, -0.1) is 11.3 Å². The molecule has 17 heavy (non-hydrogen) atoms. The van der Waals surface area contributed by atoms with Gasteiger partial charge in [0, 0.05) is 23.8 Å². The van der Waals surface area contributed by atoms with E-state index in [0.717, 1.165) is 23.7 Å². The van der Waals surface area contributed by atoms with Crippen LogP contribution in [0.4, 0.5) is 5.69 Å². The quantitative estimate of drug-likeness (QED) is 0.799. The summed E-state index contributed by atoms with van der Waals surface area (Å²) in [6.45, 7) is 2.99. The predicted molar refractivity (Wildman–Crippen MR) is 72.8 cm³/mol. The molecular formula is C13H17N3S. The molecule has 1 aromatic heterocycles. The van der Waals surface area contributed by atoms with Crippen molar-refractivity contribution < 1.29 is 0 Å². The Morgan fingerprint density at radius 3 is 3.00 bits per heavy atom. The molecule has 2 rings (SSSR count). The SMILES string of the molecule is CCC(NCc1cccc(N)c1)c1nccs1. The van der Waals surface area contributed by atoms with Crippen molar-refractivity contribution >= 4 is 17.0 Å². The molecular weight excluding hydrogens is 230 g/mol. The molecule has 0 saturated carbocycles. The number of nitrogens with one attached hydrogen (secondary N) is 1. The lowest BCUT2D eigenvalue weighted by Crippen LogP contribution is -2.20. The summed E-state index contributed by atoms with van der Waals surface area (Å²) >= 11 is 1.70. The van der Waals surface area contributed by atoms with Crippen LogP contribution in [-0.4, -0.2) is 4.98 Å². The topological polar surface area (TPSA) is 50.9 Å². The fraction of sp³-hybridized carbons (Fsp3) is 0.308. The van der Waals surface area contributed by atoms with Gasteiger partial charge in [-0.1, -0.05) is 19.1 Å². The molecule has 1 heterocycles. The number of aromatic nitrogens is 1. The third-order valence-electron chi connectivity index (χ3n) is 2.66. The van der Waals surface area contributed by atoms with Gasteiger partial charge >= 0.3 is 0 Å². The molecule has 3 N–H and O–H groups in total. The van der Waals surface area contributed by atoms with Crippen molar-refractivity contribution in [3.63, 3.8) is 0 Å². The second-order valence-electron chi connectivity index (χ2n) is 3.96. The molecule has 0 aliphatic rings. The monoisotopic (exact) mass is 247 g/mol. The molecule has 1 atom stereocenters. The van der Waals surface area contributed by atoms with E-state index in [-0.39, 0.29) is 0 Å². The largest absolute Gasteiger partial charge is 0.399 e. The van der Waals surface area contributed by atoms with Crippen LogP contribution in [0.5, 0.6) is 0 Å². The van der Waals surface area contributed by atoms with Crippen LogP contribution in [0, 0.1) is 0 Å². The second-order valence-corrected chi connectivity index (χ2v) is 4.88. The Bertz CT molecular complexity index is 453. The summed E-state index contributed by atoms with van der Waals surface area (Å²) in [5, 5.41) is 6.67. The summed E-state index contributed by atoms with van der Waals surface area (Å²) in [4.78, 5) is 4.35. The first-order valence-corrected chi connectivity index (χ1v) is 6.64. The first-order valence-electron chi connectivity index (χ1n) is 5.76. The number of nitrogens with zero attached hydrogens (tertiary/aromatic N) is 1. The van der Waals surface area contributed by atoms with Crippen molar-refractivity contribution in [2.45, 2.75) is 25.9 Å². The Kier molecular flexibility index (Phi) is 4.12. The molecule has 0 amide bonds. The van der Waals surface area contributed by atoms with E-state index in [4.69, 9.17) is 5.73 Å². The standard InChI is InChI=1S/C13H17N3S/c1-2-12(13-15-6-7-17-13)16-9-10-4-3-5-11(14)8-10/h3-8,12,16H,2,9,14H2,1H3. The van der Waals surface area contributed by atoms with Crippen LogP contribution in [0.3, 0.4) is 0 Å². The van der Waals surface area contributed by atoms with Crippen LogP contribution in [0.25, 0.3) is 0 Å². The average Bonchev–Trinajstić information content (AvgIpc) is 2.84. The maximum atomic E-state index is 5.75. The molecule has 0 radical (unpaired) electrons. The molecule has 4 heteroatoms. The predicted octanol–water partition coefficient (Wildman–Crippen LogP) is 2.97. The minimum atomic E-state index is 0.330. The van der Waals surface area contributed by atoms with Crippen LogP contribution in [0.1, 0.15) is 30.0 Å². The van der Waals surface area contributed by atoms with Crippen LogP contribution >= 0.6 is 11.3 Å². The number of benzene rings is 1. The number of thiazole rings is 1. The minimum absolute atomic E-state index is 0.330. The van der Waals surface area contributed by atoms with Gasteiger partial charge in [0.2, 0.25) is 0 Å². The first kappa shape index (κ1) is 12.1. The van der Waals surface area contributed by atoms with Crippen LogP contribution < -0.4 is 11.1 Å². The lowest BCUT2D eigenvalue weighted by atomic mass is 10.1. The van der Waals surface area contributed by atoms with Gasteiger partial charge in [0.25, 0.3) is 0 Å². The summed E-state index contributed by atoms with van der Waals surface area (Å²) in [6, 6.07) is 8.30. The van der Waals surface area contributed by atoms with E-state index >= 15 is 0 Å². The molecule has 90 valence electrons. The van der Waals surface area contributed by atoms with Gasteiger partial charge in [-0.25, -0.2) is 4.98 Å². The Hall–Kier alpha value is -1.39. The molecule has 0 aliphatic heterocycles. The minimum Gasteiger partial charge on any atom is -0.399 e. The van der Waals surface area contributed by atoms with E-state index in [0.29, 0.717) is 6.04 Å². The zero-order valence-electron chi connectivity index (χ0n) is 9.89. The zero-order chi connectivity index (χ0) is 12.1.